The van der Waals surface area contributed by atoms with Gasteiger partial charge in [0.2, 0.25) is 0 Å². The number of benzene rings is 1. The van der Waals surface area contributed by atoms with Gasteiger partial charge in [0.25, 0.3) is 0 Å². The Morgan fingerprint density at radius 2 is 2.03 bits per heavy atom. The van der Waals surface area contributed by atoms with Gasteiger partial charge in [0.05, 0.1) is 18.7 Å². The van der Waals surface area contributed by atoms with Crippen molar-refractivity contribution in [3.63, 3.8) is 0 Å². The Hall–Kier alpha value is -1.31. The van der Waals surface area contributed by atoms with Crippen LogP contribution in [0.2, 0.25) is 0 Å². The Balaban J connectivity index is 0.000000482. The molecule has 2 aromatic rings. The number of hydrogen-bond acceptors (Lipinski definition) is 6. The van der Waals surface area contributed by atoms with Crippen LogP contribution >= 0.6 is 24.0 Å². The number of aliphatic hydroxyl groups is 1. The van der Waals surface area contributed by atoms with Crippen molar-refractivity contribution in [2.45, 2.75) is 25.0 Å². The van der Waals surface area contributed by atoms with E-state index in [-0.39, 0.29) is 30.0 Å². The number of pyridine rings is 1. The maximum atomic E-state index is 11.2. The highest BCUT2D eigenvalue weighted by Crippen LogP contribution is 2.42. The van der Waals surface area contributed by atoms with E-state index in [1.54, 1.807) is 13.3 Å². The molecule has 10 heteroatoms. The number of halogens is 1. The van der Waals surface area contributed by atoms with Gasteiger partial charge in [-0.15, -0.1) is 30.6 Å². The summed E-state index contributed by atoms with van der Waals surface area (Å²) in [6.07, 6.45) is 5.62. The van der Waals surface area contributed by atoms with Crippen molar-refractivity contribution in [2.75, 3.05) is 20.2 Å². The maximum absolute atomic E-state index is 11.2. The van der Waals surface area contributed by atoms with Crippen molar-refractivity contribution < 1.29 is 27.4 Å². The number of rotatable bonds is 4. The lowest BCUT2D eigenvalue weighted by atomic mass is 9.73. The number of aliphatic hydroxyl groups excluding tert-OH is 1. The number of hydrogen-bond donors (Lipinski definition) is 3. The standard InChI is InChI=1S/C20H24N2O2.HI.H2O4S/c1-3-13-12-22-9-7-14(13)10-19(22)20(23)16-6-8-21-18-5-4-15(24-2)11-17(16)18;;1-5(2,3)4/h3-6,8,11,13-14,19-20,23H,1,7,9-10,12H2,2H3;1H;(H2,1,2,3,4)/t13-,14?,19-,20?;;/m1../s1. The second-order valence-electron chi connectivity index (χ2n) is 7.42. The summed E-state index contributed by atoms with van der Waals surface area (Å²) in [4.78, 5) is 6.86. The molecule has 5 atom stereocenters. The summed E-state index contributed by atoms with van der Waals surface area (Å²) in [6, 6.07) is 7.96. The van der Waals surface area contributed by atoms with Crippen molar-refractivity contribution in [2.24, 2.45) is 11.8 Å². The molecular formula is C20H27IN2O6S. The van der Waals surface area contributed by atoms with Crippen LogP contribution < -0.4 is 4.74 Å². The summed E-state index contributed by atoms with van der Waals surface area (Å²) in [7, 11) is -3.01. The Bertz CT molecular complexity index is 978. The van der Waals surface area contributed by atoms with E-state index in [0.29, 0.717) is 11.8 Å². The average molecular weight is 550 g/mol. The van der Waals surface area contributed by atoms with Crippen LogP contribution in [0, 0.1) is 11.8 Å². The van der Waals surface area contributed by atoms with Crippen molar-refractivity contribution in [1.82, 2.24) is 9.88 Å². The summed E-state index contributed by atoms with van der Waals surface area (Å²) in [5.41, 5.74) is 1.85. The Morgan fingerprint density at radius 1 is 1.33 bits per heavy atom. The molecule has 3 saturated heterocycles. The molecule has 3 aliphatic rings. The molecule has 3 fully saturated rings. The summed E-state index contributed by atoms with van der Waals surface area (Å²) in [5, 5.41) is 12.1. The summed E-state index contributed by atoms with van der Waals surface area (Å²) >= 11 is 0. The lowest BCUT2D eigenvalue weighted by molar-refractivity contribution is -0.0444. The molecule has 8 nitrogen and oxygen atoms in total. The molecule has 0 radical (unpaired) electrons. The monoisotopic (exact) mass is 550 g/mol. The van der Waals surface area contributed by atoms with Gasteiger partial charge in [-0.3, -0.25) is 19.0 Å². The van der Waals surface area contributed by atoms with Crippen LogP contribution in [0.25, 0.3) is 10.9 Å². The van der Waals surface area contributed by atoms with Crippen molar-refractivity contribution in [1.29, 1.82) is 0 Å². The fourth-order valence-electron chi connectivity index (χ4n) is 4.44. The number of aromatic nitrogens is 1. The van der Waals surface area contributed by atoms with E-state index in [1.165, 1.54) is 6.42 Å². The maximum Gasteiger partial charge on any atom is 0.394 e. The fraction of sp³-hybridized carbons (Fsp3) is 0.450. The quantitative estimate of drug-likeness (QED) is 0.302. The first-order chi connectivity index (χ1) is 13.7. The van der Waals surface area contributed by atoms with Crippen LogP contribution in [0.4, 0.5) is 0 Å². The Kier molecular flexibility index (Phi) is 8.60. The molecule has 5 rings (SSSR count). The van der Waals surface area contributed by atoms with Gasteiger partial charge >= 0.3 is 10.4 Å². The molecule has 0 amide bonds. The zero-order chi connectivity index (χ0) is 21.2. The van der Waals surface area contributed by atoms with E-state index in [1.807, 2.05) is 24.3 Å². The van der Waals surface area contributed by atoms with Gasteiger partial charge in [0.15, 0.2) is 0 Å². The fourth-order valence-corrected chi connectivity index (χ4v) is 4.44. The number of ether oxygens (including phenoxy) is 1. The molecule has 1 aromatic carbocycles. The highest BCUT2D eigenvalue weighted by Gasteiger charge is 2.42. The van der Waals surface area contributed by atoms with Gasteiger partial charge in [-0.25, -0.2) is 0 Å². The highest BCUT2D eigenvalue weighted by atomic mass is 127. The summed E-state index contributed by atoms with van der Waals surface area (Å²) in [5.74, 6) is 2.01. The summed E-state index contributed by atoms with van der Waals surface area (Å²) in [6.45, 7) is 6.07. The largest absolute Gasteiger partial charge is 0.497 e. The number of piperidine rings is 3. The summed E-state index contributed by atoms with van der Waals surface area (Å²) < 4.78 is 36.9. The molecule has 1 aromatic heterocycles. The van der Waals surface area contributed by atoms with Crippen LogP contribution in [0.5, 0.6) is 5.75 Å². The molecule has 0 spiro atoms. The second-order valence-corrected chi connectivity index (χ2v) is 8.32. The molecule has 0 aliphatic carbocycles. The normalized spacial score (nSPS) is 26.1. The molecular weight excluding hydrogens is 523 g/mol. The highest BCUT2D eigenvalue weighted by molar-refractivity contribution is 14.0. The lowest BCUT2D eigenvalue weighted by Crippen LogP contribution is -2.54. The molecule has 3 N–H and O–H groups in total. The van der Waals surface area contributed by atoms with Crippen LogP contribution in [0.15, 0.2) is 43.1 Å². The third-order valence-electron chi connectivity index (χ3n) is 5.82. The van der Waals surface area contributed by atoms with Gasteiger partial charge in [-0.2, -0.15) is 8.42 Å². The van der Waals surface area contributed by atoms with E-state index >= 15 is 0 Å². The van der Waals surface area contributed by atoms with Gasteiger partial charge in [0, 0.05) is 24.2 Å². The average Bonchev–Trinajstić information content (AvgIpc) is 2.71. The molecule has 2 bridgehead atoms. The first-order valence-corrected chi connectivity index (χ1v) is 10.8. The molecule has 30 heavy (non-hydrogen) atoms. The van der Waals surface area contributed by atoms with Crippen LogP contribution in [-0.2, 0) is 10.4 Å². The zero-order valence-corrected chi connectivity index (χ0v) is 19.7. The second kappa shape index (κ2) is 10.3. The zero-order valence-electron chi connectivity index (χ0n) is 16.6. The predicted octanol–water partition coefficient (Wildman–Crippen LogP) is 3.14. The number of methoxy groups -OCH3 is 1. The van der Waals surface area contributed by atoms with E-state index in [2.05, 4.69) is 22.5 Å². The molecule has 3 unspecified atom stereocenters. The first kappa shape index (κ1) is 25.0. The predicted molar refractivity (Wildman–Crippen MR) is 125 cm³/mol. The Morgan fingerprint density at radius 3 is 2.60 bits per heavy atom. The van der Waals surface area contributed by atoms with E-state index in [4.69, 9.17) is 22.3 Å². The van der Waals surface area contributed by atoms with Crippen LogP contribution in [0.3, 0.4) is 0 Å². The van der Waals surface area contributed by atoms with E-state index in [9.17, 15) is 5.11 Å². The molecule has 4 heterocycles. The van der Waals surface area contributed by atoms with Gasteiger partial charge < -0.3 is 9.84 Å². The van der Waals surface area contributed by atoms with Gasteiger partial charge in [-0.1, -0.05) is 6.08 Å². The van der Waals surface area contributed by atoms with Crippen molar-refractivity contribution in [3.8, 4) is 5.75 Å². The third-order valence-corrected chi connectivity index (χ3v) is 5.82. The van der Waals surface area contributed by atoms with E-state index < -0.39 is 16.5 Å². The molecule has 0 saturated carbocycles. The van der Waals surface area contributed by atoms with Crippen LogP contribution in [-0.4, -0.2) is 58.8 Å². The minimum Gasteiger partial charge on any atom is -0.497 e. The SMILES string of the molecule is C=C[C@@H]1CN2CCC1C[C@@H]2C(O)c1ccnc2ccc(OC)cc12.I.O=S(=O)(O)O. The molecule has 3 aliphatic heterocycles. The van der Waals surface area contributed by atoms with Gasteiger partial charge in [0.1, 0.15) is 5.75 Å². The first-order valence-electron chi connectivity index (χ1n) is 9.38. The van der Waals surface area contributed by atoms with Crippen molar-refractivity contribution in [3.05, 3.63) is 48.7 Å². The van der Waals surface area contributed by atoms with E-state index in [0.717, 1.165) is 41.7 Å². The minimum absolute atomic E-state index is 0. The van der Waals surface area contributed by atoms with Crippen molar-refractivity contribution >= 4 is 45.3 Å². The van der Waals surface area contributed by atoms with Crippen LogP contribution in [0.1, 0.15) is 24.5 Å². The van der Waals surface area contributed by atoms with Gasteiger partial charge in [-0.05, 0) is 61.1 Å². The topological polar surface area (TPSA) is 120 Å². The third kappa shape index (κ3) is 5.89. The number of fused-ring (bicyclic) bond motifs is 4. The smallest absolute Gasteiger partial charge is 0.394 e. The Labute approximate surface area is 193 Å². The minimum atomic E-state index is -4.67. The lowest BCUT2D eigenvalue weighted by Gasteiger charge is -2.50. The number of nitrogens with zero attached hydrogens (tertiary/aromatic N) is 2. The molecule has 166 valence electrons.